The molecular formula is C5H11NO4S2. The Morgan fingerprint density at radius 1 is 1.67 bits per heavy atom. The van der Waals surface area contributed by atoms with Gasteiger partial charge in [0.25, 0.3) is 16.0 Å². The van der Waals surface area contributed by atoms with Crippen molar-refractivity contribution in [3.05, 3.63) is 0 Å². The van der Waals surface area contributed by atoms with E-state index in [1.165, 1.54) is 0 Å². The highest BCUT2D eigenvalue weighted by Gasteiger charge is 1.98. The van der Waals surface area contributed by atoms with E-state index in [0.29, 0.717) is 6.42 Å². The van der Waals surface area contributed by atoms with Gasteiger partial charge in [-0.15, -0.1) is 0 Å². The normalized spacial score (nSPS) is 9.50. The SMILES string of the molecule is CCCS(=O)(=O)O.NC(=O)C=S. The number of thiocarbonyl (C=S) groups is 1. The third-order valence-corrected chi connectivity index (χ3v) is 1.73. The van der Waals surface area contributed by atoms with Crippen LogP contribution in [0.15, 0.2) is 0 Å². The molecule has 0 spiro atoms. The summed E-state index contributed by atoms with van der Waals surface area (Å²) in [5, 5.41) is 0.889. The van der Waals surface area contributed by atoms with Gasteiger partial charge in [-0.3, -0.25) is 9.35 Å². The first-order chi connectivity index (χ1) is 5.33. The van der Waals surface area contributed by atoms with Crippen LogP contribution < -0.4 is 5.73 Å². The Morgan fingerprint density at radius 3 is 2.00 bits per heavy atom. The molecule has 0 unspecified atom stereocenters. The largest absolute Gasteiger partial charge is 0.365 e. The van der Waals surface area contributed by atoms with Crippen LogP contribution in [0.25, 0.3) is 0 Å². The van der Waals surface area contributed by atoms with Gasteiger partial charge in [0.05, 0.1) is 11.1 Å². The second-order valence-electron chi connectivity index (χ2n) is 1.81. The lowest BCUT2D eigenvalue weighted by molar-refractivity contribution is -0.111. The van der Waals surface area contributed by atoms with Crippen LogP contribution in [-0.2, 0) is 14.9 Å². The van der Waals surface area contributed by atoms with Crippen molar-refractivity contribution in [1.29, 1.82) is 0 Å². The van der Waals surface area contributed by atoms with Gasteiger partial charge in [-0.2, -0.15) is 8.42 Å². The summed E-state index contributed by atoms with van der Waals surface area (Å²) in [6.07, 6.45) is 0.471. The molecule has 1 amide bonds. The molecule has 0 aliphatic heterocycles. The van der Waals surface area contributed by atoms with Crippen molar-refractivity contribution in [2.45, 2.75) is 13.3 Å². The van der Waals surface area contributed by atoms with Crippen LogP contribution in [0.5, 0.6) is 0 Å². The van der Waals surface area contributed by atoms with Gasteiger partial charge in [-0.1, -0.05) is 19.1 Å². The van der Waals surface area contributed by atoms with Crippen molar-refractivity contribution in [3.63, 3.8) is 0 Å². The van der Waals surface area contributed by atoms with Crippen LogP contribution in [0.4, 0.5) is 0 Å². The molecule has 3 N–H and O–H groups in total. The third-order valence-electron chi connectivity index (χ3n) is 0.578. The van der Waals surface area contributed by atoms with Gasteiger partial charge >= 0.3 is 0 Å². The number of carbonyl (C=O) groups is 1. The highest BCUT2D eigenvalue weighted by Crippen LogP contribution is 1.83. The summed E-state index contributed by atoms with van der Waals surface area (Å²) < 4.78 is 27.6. The molecule has 0 fully saturated rings. The Labute approximate surface area is 76.7 Å². The highest BCUT2D eigenvalue weighted by atomic mass is 32.2. The summed E-state index contributed by atoms with van der Waals surface area (Å²) in [6, 6.07) is 0. The average Bonchev–Trinajstić information content (AvgIpc) is 1.86. The van der Waals surface area contributed by atoms with Gasteiger partial charge in [0.2, 0.25) is 0 Å². The van der Waals surface area contributed by atoms with E-state index in [0.717, 1.165) is 5.37 Å². The van der Waals surface area contributed by atoms with Gasteiger partial charge in [0.15, 0.2) is 0 Å². The van der Waals surface area contributed by atoms with Crippen molar-refractivity contribution in [2.24, 2.45) is 5.73 Å². The molecule has 7 heteroatoms. The second kappa shape index (κ2) is 7.14. The minimum atomic E-state index is -3.67. The summed E-state index contributed by atoms with van der Waals surface area (Å²) in [5.41, 5.74) is 4.49. The predicted octanol–water partition coefficient (Wildman–Crippen LogP) is -0.244. The van der Waals surface area contributed by atoms with E-state index in [1.807, 2.05) is 0 Å². The first-order valence-corrected chi connectivity index (χ1v) is 5.11. The summed E-state index contributed by atoms with van der Waals surface area (Å²) in [4.78, 5) is 9.43. The van der Waals surface area contributed by atoms with E-state index in [4.69, 9.17) is 4.55 Å². The highest BCUT2D eigenvalue weighted by molar-refractivity contribution is 7.85. The number of hydrogen-bond acceptors (Lipinski definition) is 4. The maximum absolute atomic E-state index is 9.79. The molecule has 12 heavy (non-hydrogen) atoms. The van der Waals surface area contributed by atoms with Crippen LogP contribution in [0, 0.1) is 0 Å². The lowest BCUT2D eigenvalue weighted by Crippen LogP contribution is -2.09. The number of primary amides is 1. The zero-order valence-corrected chi connectivity index (χ0v) is 8.19. The fourth-order valence-electron chi connectivity index (χ4n) is 0.258. The maximum atomic E-state index is 9.79. The molecule has 0 aromatic rings. The fourth-order valence-corrected chi connectivity index (χ4v) is 0.774. The number of nitrogens with two attached hydrogens (primary N) is 1. The minimum Gasteiger partial charge on any atom is -0.365 e. The molecule has 0 aliphatic carbocycles. The van der Waals surface area contributed by atoms with E-state index in [2.05, 4.69) is 18.0 Å². The number of hydrogen-bond donors (Lipinski definition) is 2. The smallest absolute Gasteiger partial charge is 0.264 e. The van der Waals surface area contributed by atoms with E-state index < -0.39 is 16.0 Å². The fraction of sp³-hybridized carbons (Fsp3) is 0.600. The Kier molecular flexibility index (Phi) is 8.34. The van der Waals surface area contributed by atoms with Crippen LogP contribution in [-0.4, -0.2) is 30.0 Å². The molecule has 0 aliphatic rings. The maximum Gasteiger partial charge on any atom is 0.264 e. The van der Waals surface area contributed by atoms with Crippen LogP contribution in [0.2, 0.25) is 0 Å². The Morgan fingerprint density at radius 2 is 2.00 bits per heavy atom. The van der Waals surface area contributed by atoms with Gasteiger partial charge < -0.3 is 5.73 Å². The van der Waals surface area contributed by atoms with Crippen LogP contribution in [0.1, 0.15) is 13.3 Å². The lowest BCUT2D eigenvalue weighted by Gasteiger charge is -1.85. The molecule has 5 nitrogen and oxygen atoms in total. The number of amides is 1. The molecule has 0 bridgehead atoms. The molecule has 0 aromatic heterocycles. The standard InChI is InChI=1S/C3H8O3S.C2H3NOS/c1-2-3-7(4,5)6;3-2(4)1-5/h2-3H2,1H3,(H,4,5,6);1H,(H2,3,4). The van der Waals surface area contributed by atoms with Gasteiger partial charge in [0, 0.05) is 0 Å². The molecule has 0 radical (unpaired) electrons. The molecule has 0 rings (SSSR count). The summed E-state index contributed by atoms with van der Waals surface area (Å²) in [7, 11) is -3.67. The molecule has 0 saturated heterocycles. The van der Waals surface area contributed by atoms with Crippen molar-refractivity contribution >= 4 is 33.6 Å². The first-order valence-electron chi connectivity index (χ1n) is 3.03. The Balaban J connectivity index is 0. The topological polar surface area (TPSA) is 97.5 Å². The van der Waals surface area contributed by atoms with Crippen molar-refractivity contribution < 1.29 is 17.8 Å². The van der Waals surface area contributed by atoms with E-state index >= 15 is 0 Å². The van der Waals surface area contributed by atoms with E-state index in [9.17, 15) is 13.2 Å². The van der Waals surface area contributed by atoms with Gasteiger partial charge in [-0.25, -0.2) is 0 Å². The van der Waals surface area contributed by atoms with Crippen molar-refractivity contribution in [1.82, 2.24) is 0 Å². The lowest BCUT2D eigenvalue weighted by atomic mass is 10.6. The molecule has 72 valence electrons. The Hall–Kier alpha value is -0.530. The second-order valence-corrected chi connectivity index (χ2v) is 3.61. The molecule has 0 atom stereocenters. The molecule has 0 heterocycles. The zero-order valence-electron chi connectivity index (χ0n) is 6.56. The van der Waals surface area contributed by atoms with Crippen LogP contribution in [0.3, 0.4) is 0 Å². The quantitative estimate of drug-likeness (QED) is 0.498. The average molecular weight is 213 g/mol. The summed E-state index contributed by atoms with van der Waals surface area (Å²) >= 11 is 4.08. The molecule has 0 aromatic carbocycles. The monoisotopic (exact) mass is 213 g/mol. The number of carbonyl (C=O) groups excluding carboxylic acids is 1. The Bertz CT molecular complexity index is 234. The van der Waals surface area contributed by atoms with Gasteiger partial charge in [-0.05, 0) is 6.42 Å². The van der Waals surface area contributed by atoms with E-state index in [1.54, 1.807) is 6.92 Å². The van der Waals surface area contributed by atoms with Crippen molar-refractivity contribution in [2.75, 3.05) is 5.75 Å². The minimum absolute atomic E-state index is 0.132. The van der Waals surface area contributed by atoms with Crippen molar-refractivity contribution in [3.8, 4) is 0 Å². The number of rotatable bonds is 3. The first kappa shape index (κ1) is 14.0. The summed E-state index contributed by atoms with van der Waals surface area (Å²) in [6.45, 7) is 1.69. The van der Waals surface area contributed by atoms with Gasteiger partial charge in [0.1, 0.15) is 0 Å². The van der Waals surface area contributed by atoms with E-state index in [-0.39, 0.29) is 5.75 Å². The molecule has 0 saturated carbocycles. The third kappa shape index (κ3) is 22.7. The molecular weight excluding hydrogens is 202 g/mol. The predicted molar refractivity (Wildman–Crippen MR) is 49.6 cm³/mol. The van der Waals surface area contributed by atoms with Crippen LogP contribution >= 0.6 is 12.2 Å². The summed E-state index contributed by atoms with van der Waals surface area (Å²) in [5.74, 6) is -0.687. The zero-order chi connectivity index (χ0) is 10.2.